The van der Waals surface area contributed by atoms with Gasteiger partial charge in [0.2, 0.25) is 0 Å². The first-order chi connectivity index (χ1) is 10.1. The van der Waals surface area contributed by atoms with E-state index < -0.39 is 0 Å². The summed E-state index contributed by atoms with van der Waals surface area (Å²) in [6, 6.07) is 4.51. The number of rotatable bonds is 1. The average molecular weight is 284 g/mol. The van der Waals surface area contributed by atoms with Gasteiger partial charge in [-0.05, 0) is 69.8 Å². The first-order valence-electron chi connectivity index (χ1n) is 8.05. The molecule has 1 aromatic carbocycles. The van der Waals surface area contributed by atoms with E-state index in [9.17, 15) is 0 Å². The van der Waals surface area contributed by atoms with Crippen molar-refractivity contribution in [3.05, 3.63) is 40.5 Å². The summed E-state index contributed by atoms with van der Waals surface area (Å²) in [5.41, 5.74) is 9.61. The van der Waals surface area contributed by atoms with Gasteiger partial charge >= 0.3 is 0 Å². The van der Waals surface area contributed by atoms with Crippen LogP contribution in [0.5, 0.6) is 0 Å². The Balaban J connectivity index is 1.73. The number of nitrogens with one attached hydrogen (secondary N) is 1. The van der Waals surface area contributed by atoms with Gasteiger partial charge in [0, 0.05) is 12.1 Å². The number of fused-ring (bicyclic) bond motifs is 2. The molecule has 3 saturated heterocycles. The maximum atomic E-state index is 6.14. The minimum atomic E-state index is -0.102. The third kappa shape index (κ3) is 2.02. The molecule has 0 saturated carbocycles. The highest BCUT2D eigenvalue weighted by Gasteiger charge is 2.49. The molecule has 0 amide bonds. The molecule has 2 bridgehead atoms. The molecular formula is C18H24N2O. The molecule has 4 heterocycles. The molecule has 1 unspecified atom stereocenters. The lowest BCUT2D eigenvalue weighted by atomic mass is 9.75. The third-order valence-corrected chi connectivity index (χ3v) is 5.44. The second-order valence-electron chi connectivity index (χ2n) is 7.04. The fraction of sp³-hybridized carbons (Fsp3) is 0.556. The third-order valence-electron chi connectivity index (χ3n) is 5.44. The monoisotopic (exact) mass is 284 g/mol. The normalized spacial score (nSPS) is 34.1. The van der Waals surface area contributed by atoms with Gasteiger partial charge in [-0.25, -0.2) is 0 Å². The van der Waals surface area contributed by atoms with Crippen molar-refractivity contribution in [3.63, 3.8) is 0 Å². The van der Waals surface area contributed by atoms with Crippen molar-refractivity contribution in [2.45, 2.75) is 39.2 Å². The van der Waals surface area contributed by atoms with Crippen LogP contribution < -0.4 is 5.48 Å². The van der Waals surface area contributed by atoms with Gasteiger partial charge in [-0.2, -0.15) is 0 Å². The first-order valence-corrected chi connectivity index (χ1v) is 8.05. The Hall–Kier alpha value is -1.32. The summed E-state index contributed by atoms with van der Waals surface area (Å²) in [5, 5.41) is 0. The van der Waals surface area contributed by atoms with E-state index in [4.69, 9.17) is 4.84 Å². The Kier molecular flexibility index (Phi) is 2.92. The Morgan fingerprint density at radius 3 is 2.38 bits per heavy atom. The standard InChI is InChI=1S/C18H24N2O/c1-12-8-13(2)17(14(3)9-12)16-10-18(21-19-16)11-20-6-4-15(18)5-7-20/h8-10,15,19H,4-7,11H2,1-3H3. The second kappa shape index (κ2) is 4.59. The van der Waals surface area contributed by atoms with E-state index in [0.29, 0.717) is 5.92 Å². The number of hydroxylamine groups is 1. The van der Waals surface area contributed by atoms with Crippen molar-refractivity contribution < 1.29 is 4.84 Å². The fourth-order valence-corrected chi connectivity index (χ4v) is 4.52. The molecular weight excluding hydrogens is 260 g/mol. The minimum absolute atomic E-state index is 0.102. The molecule has 3 heteroatoms. The number of hydrogen-bond acceptors (Lipinski definition) is 3. The number of benzene rings is 1. The summed E-state index contributed by atoms with van der Waals surface area (Å²) < 4.78 is 0. The van der Waals surface area contributed by atoms with Crippen molar-refractivity contribution in [1.29, 1.82) is 0 Å². The summed E-state index contributed by atoms with van der Waals surface area (Å²) >= 11 is 0. The van der Waals surface area contributed by atoms with Crippen molar-refractivity contribution in [2.24, 2.45) is 5.92 Å². The number of nitrogens with zero attached hydrogens (tertiary/aromatic N) is 1. The highest BCUT2D eigenvalue weighted by Crippen LogP contribution is 2.43. The Morgan fingerprint density at radius 1 is 1.14 bits per heavy atom. The molecule has 21 heavy (non-hydrogen) atoms. The van der Waals surface area contributed by atoms with Crippen molar-refractivity contribution in [3.8, 4) is 0 Å². The molecule has 4 aliphatic rings. The first kappa shape index (κ1) is 13.4. The highest BCUT2D eigenvalue weighted by molar-refractivity contribution is 5.71. The molecule has 112 valence electrons. The average Bonchev–Trinajstić information content (AvgIpc) is 2.82. The van der Waals surface area contributed by atoms with Gasteiger partial charge in [-0.1, -0.05) is 17.7 Å². The van der Waals surface area contributed by atoms with Crippen LogP contribution in [0.4, 0.5) is 0 Å². The van der Waals surface area contributed by atoms with Crippen LogP contribution in [0.3, 0.4) is 0 Å². The van der Waals surface area contributed by atoms with Gasteiger partial charge < -0.3 is 0 Å². The Labute approximate surface area is 126 Å². The molecule has 3 nitrogen and oxygen atoms in total. The van der Waals surface area contributed by atoms with Crippen LogP contribution in [0.25, 0.3) is 5.70 Å². The summed E-state index contributed by atoms with van der Waals surface area (Å²) in [4.78, 5) is 8.68. The largest absolute Gasteiger partial charge is 0.300 e. The highest BCUT2D eigenvalue weighted by atomic mass is 16.7. The smallest absolute Gasteiger partial charge is 0.132 e. The SMILES string of the molecule is Cc1cc(C)c(C2=CC3(CN4CCC3CC4)ON2)c(C)c1. The van der Waals surface area contributed by atoms with E-state index in [-0.39, 0.29) is 5.60 Å². The van der Waals surface area contributed by atoms with Gasteiger partial charge in [-0.3, -0.25) is 15.2 Å². The van der Waals surface area contributed by atoms with E-state index >= 15 is 0 Å². The quantitative estimate of drug-likeness (QED) is 0.858. The summed E-state index contributed by atoms with van der Waals surface area (Å²) in [6.45, 7) is 10.1. The van der Waals surface area contributed by atoms with Gasteiger partial charge in [0.25, 0.3) is 0 Å². The molecule has 0 radical (unpaired) electrons. The van der Waals surface area contributed by atoms with E-state index in [1.54, 1.807) is 0 Å². The molecule has 5 rings (SSSR count). The topological polar surface area (TPSA) is 24.5 Å². The predicted molar refractivity (Wildman–Crippen MR) is 84.7 cm³/mol. The van der Waals surface area contributed by atoms with E-state index in [1.807, 2.05) is 0 Å². The van der Waals surface area contributed by atoms with Crippen LogP contribution >= 0.6 is 0 Å². The molecule has 4 aliphatic heterocycles. The maximum absolute atomic E-state index is 6.14. The lowest BCUT2D eigenvalue weighted by Crippen LogP contribution is -2.58. The summed E-state index contributed by atoms with van der Waals surface area (Å²) in [5.74, 6) is 0.665. The van der Waals surface area contributed by atoms with Crippen LogP contribution in [-0.2, 0) is 4.84 Å². The molecule has 1 atom stereocenters. The van der Waals surface area contributed by atoms with Crippen LogP contribution in [0.15, 0.2) is 18.2 Å². The predicted octanol–water partition coefficient (Wildman–Crippen LogP) is 2.95. The zero-order chi connectivity index (χ0) is 14.6. The Morgan fingerprint density at radius 2 is 1.81 bits per heavy atom. The van der Waals surface area contributed by atoms with Crippen molar-refractivity contribution >= 4 is 5.70 Å². The van der Waals surface area contributed by atoms with Crippen molar-refractivity contribution in [2.75, 3.05) is 19.6 Å². The maximum Gasteiger partial charge on any atom is 0.132 e. The molecule has 1 N–H and O–H groups in total. The van der Waals surface area contributed by atoms with Gasteiger partial charge in [0.1, 0.15) is 5.60 Å². The van der Waals surface area contributed by atoms with E-state index in [2.05, 4.69) is 49.4 Å². The van der Waals surface area contributed by atoms with Gasteiger partial charge in [0.05, 0.1) is 5.70 Å². The zero-order valence-electron chi connectivity index (χ0n) is 13.2. The van der Waals surface area contributed by atoms with Gasteiger partial charge in [0.15, 0.2) is 0 Å². The molecule has 0 aromatic heterocycles. The van der Waals surface area contributed by atoms with Crippen molar-refractivity contribution in [1.82, 2.24) is 10.4 Å². The molecule has 3 fully saturated rings. The second-order valence-corrected chi connectivity index (χ2v) is 7.04. The molecule has 1 aromatic rings. The van der Waals surface area contributed by atoms with E-state index in [1.165, 1.54) is 53.9 Å². The van der Waals surface area contributed by atoms with Crippen LogP contribution in [0, 0.1) is 26.7 Å². The van der Waals surface area contributed by atoms with Gasteiger partial charge in [-0.15, -0.1) is 0 Å². The number of piperidine rings is 3. The summed E-state index contributed by atoms with van der Waals surface area (Å²) in [6.07, 6.45) is 4.89. The van der Waals surface area contributed by atoms with E-state index in [0.717, 1.165) is 6.54 Å². The molecule has 1 spiro atoms. The fourth-order valence-electron chi connectivity index (χ4n) is 4.52. The Bertz CT molecular complexity index is 591. The van der Waals surface area contributed by atoms with Crippen LogP contribution in [-0.4, -0.2) is 30.1 Å². The minimum Gasteiger partial charge on any atom is -0.300 e. The molecule has 0 aliphatic carbocycles. The number of aryl methyl sites for hydroxylation is 3. The summed E-state index contributed by atoms with van der Waals surface area (Å²) in [7, 11) is 0. The number of hydrogen-bond donors (Lipinski definition) is 1. The lowest BCUT2D eigenvalue weighted by molar-refractivity contribution is -0.135. The zero-order valence-corrected chi connectivity index (χ0v) is 13.2. The lowest BCUT2D eigenvalue weighted by Gasteiger charge is -2.49. The van der Waals surface area contributed by atoms with Crippen LogP contribution in [0.2, 0.25) is 0 Å². The van der Waals surface area contributed by atoms with Crippen LogP contribution in [0.1, 0.15) is 35.1 Å².